The average Bonchev–Trinajstić information content (AvgIpc) is 2.74. The van der Waals surface area contributed by atoms with Crippen molar-refractivity contribution in [3.05, 3.63) is 0 Å². The van der Waals surface area contributed by atoms with Crippen LogP contribution >= 0.6 is 0 Å². The van der Waals surface area contributed by atoms with E-state index in [1.165, 1.54) is 19.3 Å². The molecule has 3 rings (SSSR count). The van der Waals surface area contributed by atoms with Crippen LogP contribution in [0.3, 0.4) is 0 Å². The third-order valence-corrected chi connectivity index (χ3v) is 7.44. The molecule has 2 bridgehead atoms. The van der Waals surface area contributed by atoms with Gasteiger partial charge in [-0.1, -0.05) is 20.8 Å². The number of carbonyl (C=O) groups excluding carboxylic acids is 1. The number of fused-ring (bicyclic) bond motifs is 2. The minimum absolute atomic E-state index is 0.107. The standard InChI is InChI=1S/C18H30O2/c1-5-20-16-10-12(6-7-15(16)19)14-11-13-8-9-18(14,4)17(13,2)3/h12-14,16H,5-11H2,1-4H3. The summed E-state index contributed by atoms with van der Waals surface area (Å²) in [5.74, 6) is 2.77. The fourth-order valence-corrected chi connectivity index (χ4v) is 5.72. The van der Waals surface area contributed by atoms with Gasteiger partial charge in [0.1, 0.15) is 6.10 Å². The lowest BCUT2D eigenvalue weighted by atomic mass is 9.61. The molecule has 20 heavy (non-hydrogen) atoms. The molecule has 0 radical (unpaired) electrons. The highest BCUT2D eigenvalue weighted by Gasteiger charge is 2.62. The second-order valence-corrected chi connectivity index (χ2v) is 8.16. The quantitative estimate of drug-likeness (QED) is 0.772. The number of Topliss-reactive ketones (excluding diaryl/α,β-unsaturated/α-hetero) is 1. The smallest absolute Gasteiger partial charge is 0.161 e. The largest absolute Gasteiger partial charge is 0.371 e. The van der Waals surface area contributed by atoms with Crippen molar-refractivity contribution in [3.63, 3.8) is 0 Å². The van der Waals surface area contributed by atoms with Gasteiger partial charge in [-0.15, -0.1) is 0 Å². The molecular weight excluding hydrogens is 248 g/mol. The Morgan fingerprint density at radius 2 is 1.95 bits per heavy atom. The van der Waals surface area contributed by atoms with E-state index in [4.69, 9.17) is 4.74 Å². The third-order valence-electron chi connectivity index (χ3n) is 7.44. The predicted molar refractivity (Wildman–Crippen MR) is 80.5 cm³/mol. The van der Waals surface area contributed by atoms with E-state index in [9.17, 15) is 4.79 Å². The van der Waals surface area contributed by atoms with Gasteiger partial charge >= 0.3 is 0 Å². The molecule has 0 saturated heterocycles. The molecule has 2 nitrogen and oxygen atoms in total. The van der Waals surface area contributed by atoms with Gasteiger partial charge in [0.2, 0.25) is 0 Å². The number of carbonyl (C=O) groups is 1. The van der Waals surface area contributed by atoms with Gasteiger partial charge in [0, 0.05) is 13.0 Å². The molecule has 3 aliphatic carbocycles. The lowest BCUT2D eigenvalue weighted by Gasteiger charge is -2.44. The van der Waals surface area contributed by atoms with Crippen LogP contribution in [0.1, 0.15) is 66.2 Å². The van der Waals surface area contributed by atoms with Crippen LogP contribution in [0.4, 0.5) is 0 Å². The lowest BCUT2D eigenvalue weighted by molar-refractivity contribution is -0.136. The maximum atomic E-state index is 12.0. The molecule has 3 fully saturated rings. The SMILES string of the molecule is CCOC1CC(C2CC3CCC2(C)C3(C)C)CCC1=O. The molecule has 3 saturated carbocycles. The summed E-state index contributed by atoms with van der Waals surface area (Å²) in [6.07, 6.45) is 6.92. The van der Waals surface area contributed by atoms with Crippen LogP contribution in [0.15, 0.2) is 0 Å². The Labute approximate surface area is 123 Å². The van der Waals surface area contributed by atoms with Crippen molar-refractivity contribution in [2.45, 2.75) is 72.3 Å². The fraction of sp³-hybridized carbons (Fsp3) is 0.944. The molecule has 0 aliphatic heterocycles. The molecular formula is C18H30O2. The van der Waals surface area contributed by atoms with E-state index in [0.29, 0.717) is 29.1 Å². The highest BCUT2D eigenvalue weighted by molar-refractivity contribution is 5.83. The molecule has 5 unspecified atom stereocenters. The van der Waals surface area contributed by atoms with Gasteiger partial charge in [0.15, 0.2) is 5.78 Å². The molecule has 5 atom stereocenters. The zero-order valence-electron chi connectivity index (χ0n) is 13.6. The first-order valence-electron chi connectivity index (χ1n) is 8.54. The Kier molecular flexibility index (Phi) is 3.52. The number of hydrogen-bond acceptors (Lipinski definition) is 2. The summed E-state index contributed by atoms with van der Waals surface area (Å²) in [5, 5.41) is 0. The van der Waals surface area contributed by atoms with Gasteiger partial charge in [0.05, 0.1) is 0 Å². The van der Waals surface area contributed by atoms with Crippen LogP contribution in [0.5, 0.6) is 0 Å². The molecule has 2 heteroatoms. The van der Waals surface area contributed by atoms with Crippen molar-refractivity contribution in [1.29, 1.82) is 0 Å². The van der Waals surface area contributed by atoms with Gasteiger partial charge in [-0.3, -0.25) is 4.79 Å². The summed E-state index contributed by atoms with van der Waals surface area (Å²) in [7, 11) is 0. The minimum atomic E-state index is -0.107. The number of ether oxygens (including phenoxy) is 1. The first-order valence-corrected chi connectivity index (χ1v) is 8.54. The van der Waals surface area contributed by atoms with Gasteiger partial charge in [0.25, 0.3) is 0 Å². The lowest BCUT2D eigenvalue weighted by Crippen LogP contribution is -2.41. The normalized spacial score (nSPS) is 46.9. The van der Waals surface area contributed by atoms with Crippen molar-refractivity contribution in [3.8, 4) is 0 Å². The van der Waals surface area contributed by atoms with Crippen LogP contribution in [-0.2, 0) is 9.53 Å². The first kappa shape index (κ1) is 14.6. The minimum Gasteiger partial charge on any atom is -0.371 e. The number of ketones is 1. The average molecular weight is 278 g/mol. The number of hydrogen-bond donors (Lipinski definition) is 0. The molecule has 3 aliphatic rings. The summed E-state index contributed by atoms with van der Waals surface area (Å²) in [5.41, 5.74) is 0.972. The molecule has 0 N–H and O–H groups in total. The third kappa shape index (κ3) is 1.90. The Bertz CT molecular complexity index is 400. The maximum Gasteiger partial charge on any atom is 0.161 e. The van der Waals surface area contributed by atoms with E-state index in [2.05, 4.69) is 20.8 Å². The fourth-order valence-electron chi connectivity index (χ4n) is 5.72. The van der Waals surface area contributed by atoms with Crippen LogP contribution in [0.25, 0.3) is 0 Å². The summed E-state index contributed by atoms with van der Waals surface area (Å²) in [4.78, 5) is 12.0. The zero-order valence-corrected chi connectivity index (χ0v) is 13.6. The Balaban J connectivity index is 1.76. The van der Waals surface area contributed by atoms with E-state index in [1.54, 1.807) is 0 Å². The van der Waals surface area contributed by atoms with Crippen LogP contribution in [0.2, 0.25) is 0 Å². The zero-order chi connectivity index (χ0) is 14.5. The van der Waals surface area contributed by atoms with E-state index >= 15 is 0 Å². The molecule has 0 aromatic rings. The van der Waals surface area contributed by atoms with E-state index in [1.807, 2.05) is 6.92 Å². The van der Waals surface area contributed by atoms with Crippen molar-refractivity contribution >= 4 is 5.78 Å². The summed E-state index contributed by atoms with van der Waals surface area (Å²) < 4.78 is 5.70. The topological polar surface area (TPSA) is 26.3 Å². The van der Waals surface area contributed by atoms with E-state index < -0.39 is 0 Å². The van der Waals surface area contributed by atoms with Crippen molar-refractivity contribution in [2.75, 3.05) is 6.61 Å². The molecule has 0 aromatic heterocycles. The van der Waals surface area contributed by atoms with Crippen molar-refractivity contribution in [1.82, 2.24) is 0 Å². The Morgan fingerprint density at radius 3 is 2.50 bits per heavy atom. The second-order valence-electron chi connectivity index (χ2n) is 8.16. The summed E-state index contributed by atoms with van der Waals surface area (Å²) in [6.45, 7) is 10.2. The molecule has 0 heterocycles. The van der Waals surface area contributed by atoms with Crippen molar-refractivity contribution in [2.24, 2.45) is 28.6 Å². The first-order chi connectivity index (χ1) is 9.40. The monoisotopic (exact) mass is 278 g/mol. The van der Waals surface area contributed by atoms with Gasteiger partial charge in [-0.25, -0.2) is 0 Å². The second kappa shape index (κ2) is 4.83. The molecule has 114 valence electrons. The summed E-state index contributed by atoms with van der Waals surface area (Å²) >= 11 is 0. The van der Waals surface area contributed by atoms with Crippen LogP contribution < -0.4 is 0 Å². The van der Waals surface area contributed by atoms with Crippen LogP contribution in [-0.4, -0.2) is 18.5 Å². The Hall–Kier alpha value is -0.370. The highest BCUT2D eigenvalue weighted by atomic mass is 16.5. The van der Waals surface area contributed by atoms with Gasteiger partial charge in [-0.05, 0) is 67.6 Å². The van der Waals surface area contributed by atoms with Gasteiger partial charge < -0.3 is 4.74 Å². The van der Waals surface area contributed by atoms with Crippen molar-refractivity contribution < 1.29 is 9.53 Å². The number of rotatable bonds is 3. The molecule has 0 spiro atoms. The van der Waals surface area contributed by atoms with Gasteiger partial charge in [-0.2, -0.15) is 0 Å². The molecule has 0 aromatic carbocycles. The predicted octanol–water partition coefficient (Wildman–Crippen LogP) is 4.22. The van der Waals surface area contributed by atoms with E-state index in [0.717, 1.165) is 31.1 Å². The Morgan fingerprint density at radius 1 is 1.20 bits per heavy atom. The van der Waals surface area contributed by atoms with Crippen LogP contribution in [0, 0.1) is 28.6 Å². The highest BCUT2D eigenvalue weighted by Crippen LogP contribution is 2.70. The maximum absolute atomic E-state index is 12.0. The molecule has 0 amide bonds. The van der Waals surface area contributed by atoms with E-state index in [-0.39, 0.29) is 6.10 Å². The summed E-state index contributed by atoms with van der Waals surface area (Å²) in [6, 6.07) is 0.